The Morgan fingerprint density at radius 2 is 2.05 bits per heavy atom. The summed E-state index contributed by atoms with van der Waals surface area (Å²) in [5.41, 5.74) is 3.94. The molecule has 2 aliphatic carbocycles. The Hall–Kier alpha value is -1.06. The number of fused-ring (bicyclic) bond motifs is 2. The molecule has 0 aliphatic heterocycles. The molecule has 0 amide bonds. The Kier molecular flexibility index (Phi) is 3.23. The van der Waals surface area contributed by atoms with Crippen molar-refractivity contribution in [1.29, 1.82) is 0 Å². The fourth-order valence-corrected chi connectivity index (χ4v) is 4.65. The van der Waals surface area contributed by atoms with Crippen molar-refractivity contribution in [3.05, 3.63) is 35.2 Å². The minimum atomic E-state index is -0.937. The fraction of sp³-hybridized carbons (Fsp3) is 0.500. The SMILES string of the molecule is CC1CCc2cc3cnc(C4CC4)cc3c([S+](C)[O-])c2C1. The fourth-order valence-electron chi connectivity index (χ4n) is 3.61. The molecule has 1 saturated carbocycles. The van der Waals surface area contributed by atoms with Crippen LogP contribution in [-0.4, -0.2) is 15.8 Å². The molecule has 0 N–H and O–H groups in total. The van der Waals surface area contributed by atoms with E-state index in [9.17, 15) is 4.55 Å². The van der Waals surface area contributed by atoms with Gasteiger partial charge in [-0.3, -0.25) is 4.98 Å². The molecule has 110 valence electrons. The molecule has 2 aromatic rings. The third-order valence-corrected chi connectivity index (χ3v) is 5.98. The van der Waals surface area contributed by atoms with E-state index in [1.54, 1.807) is 0 Å². The van der Waals surface area contributed by atoms with Gasteiger partial charge in [0.25, 0.3) is 0 Å². The number of hydrogen-bond acceptors (Lipinski definition) is 2. The number of pyridine rings is 1. The van der Waals surface area contributed by atoms with Crippen molar-refractivity contribution in [1.82, 2.24) is 4.98 Å². The lowest BCUT2D eigenvalue weighted by Gasteiger charge is -2.25. The van der Waals surface area contributed by atoms with Crippen LogP contribution in [-0.2, 0) is 24.0 Å². The van der Waals surface area contributed by atoms with E-state index in [4.69, 9.17) is 0 Å². The molecule has 1 heterocycles. The van der Waals surface area contributed by atoms with E-state index in [1.165, 1.54) is 41.5 Å². The number of hydrogen-bond donors (Lipinski definition) is 0. The number of aromatic nitrogens is 1. The van der Waals surface area contributed by atoms with Crippen molar-refractivity contribution in [2.24, 2.45) is 5.92 Å². The smallest absolute Gasteiger partial charge is 0.163 e. The lowest BCUT2D eigenvalue weighted by molar-refractivity contribution is 0.495. The third kappa shape index (κ3) is 2.36. The van der Waals surface area contributed by atoms with Gasteiger partial charge < -0.3 is 4.55 Å². The monoisotopic (exact) mass is 299 g/mol. The summed E-state index contributed by atoms with van der Waals surface area (Å²) >= 11 is -0.937. The van der Waals surface area contributed by atoms with Crippen LogP contribution in [0.15, 0.2) is 23.2 Å². The van der Waals surface area contributed by atoms with E-state index in [0.717, 1.165) is 23.1 Å². The molecule has 3 heteroatoms. The van der Waals surface area contributed by atoms with Crippen LogP contribution in [0.1, 0.15) is 48.9 Å². The van der Waals surface area contributed by atoms with E-state index >= 15 is 0 Å². The summed E-state index contributed by atoms with van der Waals surface area (Å²) in [6.45, 7) is 2.30. The van der Waals surface area contributed by atoms with Crippen LogP contribution in [0, 0.1) is 5.92 Å². The zero-order valence-electron chi connectivity index (χ0n) is 12.7. The van der Waals surface area contributed by atoms with Crippen molar-refractivity contribution >= 4 is 21.9 Å². The van der Waals surface area contributed by atoms with Crippen molar-refractivity contribution < 1.29 is 4.55 Å². The van der Waals surface area contributed by atoms with Crippen LogP contribution in [0.25, 0.3) is 10.8 Å². The Bertz CT molecular complexity index is 706. The molecule has 2 aliphatic rings. The molecule has 1 aromatic heterocycles. The number of aryl methyl sites for hydroxylation is 1. The summed E-state index contributed by atoms with van der Waals surface area (Å²) < 4.78 is 12.4. The highest BCUT2D eigenvalue weighted by molar-refractivity contribution is 7.91. The summed E-state index contributed by atoms with van der Waals surface area (Å²) in [6, 6.07) is 4.50. The van der Waals surface area contributed by atoms with Gasteiger partial charge in [0.2, 0.25) is 0 Å². The number of rotatable bonds is 2. The van der Waals surface area contributed by atoms with Crippen molar-refractivity contribution in [2.75, 3.05) is 6.26 Å². The van der Waals surface area contributed by atoms with Gasteiger partial charge in [0.1, 0.15) is 6.26 Å². The van der Waals surface area contributed by atoms with E-state index in [-0.39, 0.29) is 0 Å². The number of benzene rings is 1. The predicted molar refractivity (Wildman–Crippen MR) is 87.2 cm³/mol. The summed E-state index contributed by atoms with van der Waals surface area (Å²) in [5, 5.41) is 2.35. The second kappa shape index (κ2) is 4.99. The zero-order valence-corrected chi connectivity index (χ0v) is 13.5. The average molecular weight is 299 g/mol. The van der Waals surface area contributed by atoms with Gasteiger partial charge in [-0.15, -0.1) is 0 Å². The maximum atomic E-state index is 12.4. The van der Waals surface area contributed by atoms with E-state index in [0.29, 0.717) is 11.8 Å². The van der Waals surface area contributed by atoms with Gasteiger partial charge in [-0.1, -0.05) is 6.92 Å². The van der Waals surface area contributed by atoms with Gasteiger partial charge in [-0.25, -0.2) is 0 Å². The predicted octanol–water partition coefficient (Wildman–Crippen LogP) is 3.97. The minimum Gasteiger partial charge on any atom is -0.612 e. The second-order valence-corrected chi connectivity index (χ2v) is 8.07. The molecule has 2 unspecified atom stereocenters. The average Bonchev–Trinajstić information content (AvgIpc) is 3.28. The van der Waals surface area contributed by atoms with Gasteiger partial charge in [-0.05, 0) is 66.9 Å². The molecule has 2 atom stereocenters. The quantitative estimate of drug-likeness (QED) is 0.787. The van der Waals surface area contributed by atoms with Gasteiger partial charge in [-0.2, -0.15) is 0 Å². The van der Waals surface area contributed by atoms with Crippen molar-refractivity contribution in [2.45, 2.75) is 49.8 Å². The normalized spacial score (nSPS) is 23.1. The summed E-state index contributed by atoms with van der Waals surface area (Å²) in [4.78, 5) is 5.72. The molecule has 1 aromatic carbocycles. The highest BCUT2D eigenvalue weighted by Crippen LogP contribution is 2.42. The molecule has 4 rings (SSSR count). The molecular weight excluding hydrogens is 278 g/mol. The van der Waals surface area contributed by atoms with Gasteiger partial charge in [0, 0.05) is 34.1 Å². The van der Waals surface area contributed by atoms with Gasteiger partial charge >= 0.3 is 0 Å². The largest absolute Gasteiger partial charge is 0.612 e. The number of nitrogens with zero attached hydrogens (tertiary/aromatic N) is 1. The first-order chi connectivity index (χ1) is 10.1. The topological polar surface area (TPSA) is 36.0 Å². The van der Waals surface area contributed by atoms with Gasteiger partial charge in [0.15, 0.2) is 4.90 Å². The van der Waals surface area contributed by atoms with Crippen molar-refractivity contribution in [3.63, 3.8) is 0 Å². The lowest BCUT2D eigenvalue weighted by atomic mass is 9.83. The lowest BCUT2D eigenvalue weighted by Crippen LogP contribution is -2.16. The third-order valence-electron chi connectivity index (χ3n) is 4.93. The highest BCUT2D eigenvalue weighted by Gasteiger charge is 2.28. The van der Waals surface area contributed by atoms with Crippen LogP contribution in [0.4, 0.5) is 0 Å². The Labute approximate surface area is 129 Å². The van der Waals surface area contributed by atoms with Crippen LogP contribution >= 0.6 is 0 Å². The summed E-state index contributed by atoms with van der Waals surface area (Å²) in [5.74, 6) is 1.34. The van der Waals surface area contributed by atoms with Crippen LogP contribution in [0.2, 0.25) is 0 Å². The van der Waals surface area contributed by atoms with Crippen LogP contribution in [0.3, 0.4) is 0 Å². The first kappa shape index (κ1) is 13.6. The summed E-state index contributed by atoms with van der Waals surface area (Å²) in [7, 11) is 0. The maximum absolute atomic E-state index is 12.4. The molecular formula is C18H21NOS. The Morgan fingerprint density at radius 1 is 1.24 bits per heavy atom. The van der Waals surface area contributed by atoms with E-state index in [2.05, 4.69) is 24.0 Å². The highest BCUT2D eigenvalue weighted by atomic mass is 32.2. The van der Waals surface area contributed by atoms with Crippen LogP contribution < -0.4 is 0 Å². The van der Waals surface area contributed by atoms with E-state index < -0.39 is 11.2 Å². The van der Waals surface area contributed by atoms with E-state index in [1.807, 2.05) is 12.5 Å². The van der Waals surface area contributed by atoms with Gasteiger partial charge in [0.05, 0.1) is 0 Å². The van der Waals surface area contributed by atoms with Crippen LogP contribution in [0.5, 0.6) is 0 Å². The molecule has 0 radical (unpaired) electrons. The molecule has 0 spiro atoms. The standard InChI is InChI=1S/C18H21NOS/c1-11-3-4-13-8-14-10-19-17(12-5-6-12)9-16(14)18(21(2)20)15(13)7-11/h8-12H,3-7H2,1-2H3. The molecule has 1 fully saturated rings. The second-order valence-electron chi connectivity index (χ2n) is 6.75. The first-order valence-corrected chi connectivity index (χ1v) is 9.47. The Morgan fingerprint density at radius 3 is 2.76 bits per heavy atom. The van der Waals surface area contributed by atoms with Crippen molar-refractivity contribution in [3.8, 4) is 0 Å². The maximum Gasteiger partial charge on any atom is 0.163 e. The molecule has 21 heavy (non-hydrogen) atoms. The summed E-state index contributed by atoms with van der Waals surface area (Å²) in [6.07, 6.45) is 9.75. The first-order valence-electron chi connectivity index (χ1n) is 7.91. The molecule has 0 bridgehead atoms. The zero-order chi connectivity index (χ0) is 14.6. The minimum absolute atomic E-state index is 0.641. The molecule has 2 nitrogen and oxygen atoms in total. The Balaban J connectivity index is 1.97. The molecule has 0 saturated heterocycles.